The molecule has 0 spiro atoms. The van der Waals surface area contributed by atoms with E-state index in [2.05, 4.69) is 4.98 Å². The molecule has 0 radical (unpaired) electrons. The van der Waals surface area contributed by atoms with Gasteiger partial charge in [0, 0.05) is 40.4 Å². The van der Waals surface area contributed by atoms with Crippen molar-refractivity contribution in [2.75, 3.05) is 0 Å². The lowest BCUT2D eigenvalue weighted by atomic mass is 10.1. The highest BCUT2D eigenvalue weighted by Gasteiger charge is 2.14. The number of aliphatic hydroxyl groups excluding tert-OH is 1. The largest absolute Gasteiger partial charge is 0.382 e. The Hall–Kier alpha value is -2.04. The van der Waals surface area contributed by atoms with Crippen LogP contribution in [0.2, 0.25) is 0 Å². The first-order chi connectivity index (χ1) is 9.68. The van der Waals surface area contributed by atoms with E-state index >= 15 is 0 Å². The van der Waals surface area contributed by atoms with Crippen molar-refractivity contribution in [2.45, 2.75) is 6.10 Å². The van der Waals surface area contributed by atoms with Crippen LogP contribution in [0, 0.1) is 4.51 Å². The second kappa shape index (κ2) is 5.15. The second-order valence-corrected chi connectivity index (χ2v) is 5.14. The summed E-state index contributed by atoms with van der Waals surface area (Å²) in [7, 11) is 1.94. The molecular formula is C16H14N2OS. The molecular weight excluding hydrogens is 268 g/mol. The number of benzene rings is 1. The quantitative estimate of drug-likeness (QED) is 0.732. The maximum Gasteiger partial charge on any atom is 0.120 e. The van der Waals surface area contributed by atoms with E-state index in [0.29, 0.717) is 0 Å². The number of hydrogen-bond acceptors (Lipinski definition) is 3. The molecule has 0 bridgehead atoms. The minimum atomic E-state index is -0.736. The van der Waals surface area contributed by atoms with Crippen LogP contribution in [-0.2, 0) is 7.05 Å². The fourth-order valence-corrected chi connectivity index (χ4v) is 2.69. The maximum absolute atomic E-state index is 10.5. The SMILES string of the molecule is Cn1c(C(O)c2cccnc2)cc(=S)c2ccccc21. The van der Waals surface area contributed by atoms with Crippen molar-refractivity contribution < 1.29 is 5.11 Å². The van der Waals surface area contributed by atoms with Gasteiger partial charge in [-0.3, -0.25) is 4.98 Å². The normalized spacial score (nSPS) is 12.5. The van der Waals surface area contributed by atoms with Crippen molar-refractivity contribution in [3.63, 3.8) is 0 Å². The molecule has 1 aromatic carbocycles. The predicted octanol–water partition coefficient (Wildman–Crippen LogP) is 3.38. The first-order valence-electron chi connectivity index (χ1n) is 6.35. The molecule has 0 aliphatic heterocycles. The topological polar surface area (TPSA) is 38.0 Å². The summed E-state index contributed by atoms with van der Waals surface area (Å²) >= 11 is 5.43. The molecule has 1 unspecified atom stereocenters. The average molecular weight is 282 g/mol. The van der Waals surface area contributed by atoms with Crippen molar-refractivity contribution >= 4 is 23.1 Å². The van der Waals surface area contributed by atoms with Crippen LogP contribution >= 0.6 is 12.2 Å². The molecule has 3 rings (SSSR count). The second-order valence-electron chi connectivity index (χ2n) is 4.70. The molecule has 4 heteroatoms. The minimum Gasteiger partial charge on any atom is -0.382 e. The number of nitrogens with zero attached hydrogens (tertiary/aromatic N) is 2. The number of fused-ring (bicyclic) bond motifs is 1. The Morgan fingerprint density at radius 2 is 2.00 bits per heavy atom. The van der Waals surface area contributed by atoms with E-state index in [0.717, 1.165) is 26.7 Å². The number of rotatable bonds is 2. The van der Waals surface area contributed by atoms with Crippen LogP contribution in [0.5, 0.6) is 0 Å². The molecule has 0 saturated carbocycles. The lowest BCUT2D eigenvalue weighted by Gasteiger charge is -2.18. The van der Waals surface area contributed by atoms with Gasteiger partial charge in [-0.1, -0.05) is 36.5 Å². The van der Waals surface area contributed by atoms with Crippen molar-refractivity contribution in [3.05, 3.63) is 70.6 Å². The first-order valence-corrected chi connectivity index (χ1v) is 6.76. The van der Waals surface area contributed by atoms with E-state index in [-0.39, 0.29) is 0 Å². The number of aliphatic hydroxyl groups is 1. The summed E-state index contributed by atoms with van der Waals surface area (Å²) in [6.45, 7) is 0. The molecule has 0 aliphatic carbocycles. The van der Waals surface area contributed by atoms with Gasteiger partial charge in [0.25, 0.3) is 0 Å². The third kappa shape index (κ3) is 2.13. The van der Waals surface area contributed by atoms with Gasteiger partial charge < -0.3 is 9.67 Å². The number of para-hydroxylation sites is 1. The van der Waals surface area contributed by atoms with Gasteiger partial charge in [-0.05, 0) is 18.2 Å². The smallest absolute Gasteiger partial charge is 0.120 e. The number of pyridine rings is 2. The van der Waals surface area contributed by atoms with Crippen molar-refractivity contribution in [1.82, 2.24) is 9.55 Å². The Morgan fingerprint density at radius 3 is 2.75 bits per heavy atom. The van der Waals surface area contributed by atoms with Crippen LogP contribution in [0.3, 0.4) is 0 Å². The van der Waals surface area contributed by atoms with E-state index in [4.69, 9.17) is 12.2 Å². The van der Waals surface area contributed by atoms with E-state index in [1.165, 1.54) is 0 Å². The van der Waals surface area contributed by atoms with Gasteiger partial charge in [0.05, 0.1) is 5.69 Å². The molecule has 1 N–H and O–H groups in total. The number of hydrogen-bond donors (Lipinski definition) is 1. The molecule has 0 aliphatic rings. The van der Waals surface area contributed by atoms with Gasteiger partial charge in [-0.25, -0.2) is 0 Å². The Kier molecular flexibility index (Phi) is 3.34. The van der Waals surface area contributed by atoms with Crippen molar-refractivity contribution in [2.24, 2.45) is 7.05 Å². The molecule has 0 fully saturated rings. The zero-order valence-electron chi connectivity index (χ0n) is 11.0. The van der Waals surface area contributed by atoms with E-state index < -0.39 is 6.10 Å². The lowest BCUT2D eigenvalue weighted by Crippen LogP contribution is -2.10. The molecule has 3 nitrogen and oxygen atoms in total. The number of aromatic nitrogens is 2. The number of aryl methyl sites for hydroxylation is 1. The van der Waals surface area contributed by atoms with E-state index in [1.54, 1.807) is 12.4 Å². The predicted molar refractivity (Wildman–Crippen MR) is 82.1 cm³/mol. The summed E-state index contributed by atoms with van der Waals surface area (Å²) in [6, 6.07) is 13.5. The standard InChI is InChI=1S/C16H14N2OS/c1-18-13-7-3-2-6-12(13)15(20)9-14(18)16(19)11-5-4-8-17-10-11/h2-10,16,19H,1H3. The van der Waals surface area contributed by atoms with Crippen LogP contribution < -0.4 is 0 Å². The van der Waals surface area contributed by atoms with Crippen LogP contribution in [-0.4, -0.2) is 14.7 Å². The molecule has 20 heavy (non-hydrogen) atoms. The third-order valence-corrected chi connectivity index (χ3v) is 3.82. The molecule has 3 aromatic rings. The van der Waals surface area contributed by atoms with Gasteiger partial charge in [0.1, 0.15) is 6.10 Å². The summed E-state index contributed by atoms with van der Waals surface area (Å²) < 4.78 is 2.72. The highest BCUT2D eigenvalue weighted by Crippen LogP contribution is 2.25. The monoisotopic (exact) mass is 282 g/mol. The van der Waals surface area contributed by atoms with Crippen LogP contribution in [0.1, 0.15) is 17.4 Å². The van der Waals surface area contributed by atoms with Gasteiger partial charge in [-0.15, -0.1) is 0 Å². The Labute approximate surface area is 122 Å². The van der Waals surface area contributed by atoms with Crippen molar-refractivity contribution in [1.29, 1.82) is 0 Å². The van der Waals surface area contributed by atoms with Crippen molar-refractivity contribution in [3.8, 4) is 0 Å². The Bertz CT molecular complexity index is 812. The molecule has 2 heterocycles. The summed E-state index contributed by atoms with van der Waals surface area (Å²) in [5.41, 5.74) is 2.53. The zero-order valence-corrected chi connectivity index (χ0v) is 11.8. The summed E-state index contributed by atoms with van der Waals surface area (Å²) in [4.78, 5) is 4.05. The minimum absolute atomic E-state index is 0.736. The van der Waals surface area contributed by atoms with E-state index in [9.17, 15) is 5.11 Å². The zero-order chi connectivity index (χ0) is 14.1. The highest BCUT2D eigenvalue weighted by atomic mass is 32.1. The van der Waals surface area contributed by atoms with Gasteiger partial charge in [-0.2, -0.15) is 0 Å². The van der Waals surface area contributed by atoms with Crippen LogP contribution in [0.15, 0.2) is 54.9 Å². The molecule has 0 saturated heterocycles. The fraction of sp³-hybridized carbons (Fsp3) is 0.125. The third-order valence-electron chi connectivity index (χ3n) is 3.48. The summed E-state index contributed by atoms with van der Waals surface area (Å²) in [5.74, 6) is 0. The van der Waals surface area contributed by atoms with Crippen LogP contribution in [0.4, 0.5) is 0 Å². The summed E-state index contributed by atoms with van der Waals surface area (Å²) in [5, 5.41) is 11.6. The van der Waals surface area contributed by atoms with E-state index in [1.807, 2.05) is 54.1 Å². The molecule has 100 valence electrons. The van der Waals surface area contributed by atoms with Gasteiger partial charge in [0.15, 0.2) is 0 Å². The lowest BCUT2D eigenvalue weighted by molar-refractivity contribution is 0.211. The Balaban J connectivity index is 2.23. The van der Waals surface area contributed by atoms with Gasteiger partial charge >= 0.3 is 0 Å². The molecule has 2 aromatic heterocycles. The fourth-order valence-electron chi connectivity index (χ4n) is 2.39. The first kappa shape index (κ1) is 13.0. The van der Waals surface area contributed by atoms with Gasteiger partial charge in [0.2, 0.25) is 0 Å². The highest BCUT2D eigenvalue weighted by molar-refractivity contribution is 7.71. The molecule has 0 amide bonds. The van der Waals surface area contributed by atoms with Crippen LogP contribution in [0.25, 0.3) is 10.9 Å². The average Bonchev–Trinajstić information content (AvgIpc) is 2.51. The molecule has 1 atom stereocenters. The maximum atomic E-state index is 10.5. The summed E-state index contributed by atoms with van der Waals surface area (Å²) in [6.07, 6.45) is 2.62. The Morgan fingerprint density at radius 1 is 1.20 bits per heavy atom.